The normalized spacial score (nSPS) is 13.7. The molecule has 3 aromatic carbocycles. The van der Waals surface area contributed by atoms with E-state index >= 15 is 0 Å². The Morgan fingerprint density at radius 1 is 0.972 bits per heavy atom. The van der Waals surface area contributed by atoms with E-state index in [-0.39, 0.29) is 29.3 Å². The van der Waals surface area contributed by atoms with Gasteiger partial charge in [0.15, 0.2) is 15.5 Å². The van der Waals surface area contributed by atoms with Crippen LogP contribution in [0.5, 0.6) is 0 Å². The van der Waals surface area contributed by atoms with Gasteiger partial charge >= 0.3 is 0 Å². The van der Waals surface area contributed by atoms with Crippen LogP contribution in [0.4, 0.5) is 5.69 Å². The zero-order valence-corrected chi connectivity index (χ0v) is 22.3. The molecule has 5 nitrogen and oxygen atoms in total. The van der Waals surface area contributed by atoms with E-state index in [1.165, 1.54) is 18.6 Å². The van der Waals surface area contributed by atoms with Crippen LogP contribution < -0.4 is 0 Å². The van der Waals surface area contributed by atoms with Gasteiger partial charge in [-0.05, 0) is 72.1 Å². The molecule has 1 heterocycles. The zero-order chi connectivity index (χ0) is 25.9. The van der Waals surface area contributed by atoms with E-state index in [4.69, 9.17) is 29.8 Å². The zero-order valence-electron chi connectivity index (χ0n) is 19.9. The third kappa shape index (κ3) is 5.99. The van der Waals surface area contributed by atoms with Gasteiger partial charge in [0.05, 0.1) is 27.3 Å². The van der Waals surface area contributed by atoms with E-state index in [2.05, 4.69) is 9.74 Å². The average Bonchev–Trinajstić information content (AvgIpc) is 2.81. The summed E-state index contributed by atoms with van der Waals surface area (Å²) in [5, 5.41) is 0.844. The highest BCUT2D eigenvalue weighted by Crippen LogP contribution is 2.38. The molecule has 0 aromatic heterocycles. The fraction of sp³-hybridized carbons (Fsp3) is 0.286. The monoisotopic (exact) mass is 540 g/mol. The lowest BCUT2D eigenvalue weighted by molar-refractivity contribution is -0.117. The highest BCUT2D eigenvalue weighted by Gasteiger charge is 2.18. The Morgan fingerprint density at radius 2 is 1.61 bits per heavy atom. The van der Waals surface area contributed by atoms with E-state index in [0.29, 0.717) is 26.9 Å². The topological polar surface area (TPSA) is 58.8 Å². The van der Waals surface area contributed by atoms with E-state index in [1.807, 2.05) is 18.2 Å². The van der Waals surface area contributed by atoms with Crippen molar-refractivity contribution in [2.24, 2.45) is 0 Å². The summed E-state index contributed by atoms with van der Waals surface area (Å²) >= 11 is 13.2. The number of ketones is 1. The largest absolute Gasteiger partial charge is 0.300 e. The molecule has 1 saturated heterocycles. The minimum atomic E-state index is -3.27. The third-order valence-electron chi connectivity index (χ3n) is 6.40. The van der Waals surface area contributed by atoms with Crippen molar-refractivity contribution in [3.05, 3.63) is 92.8 Å². The van der Waals surface area contributed by atoms with Crippen LogP contribution in [0.15, 0.2) is 59.5 Å². The summed E-state index contributed by atoms with van der Waals surface area (Å²) in [6.07, 6.45) is 1.52. The molecule has 36 heavy (non-hydrogen) atoms. The molecule has 0 unspecified atom stereocenters. The number of Topliss-reactive ketones (excluding diaryl/α,β-unsaturated/α-hetero) is 1. The van der Waals surface area contributed by atoms with Crippen LogP contribution in [0.3, 0.4) is 0 Å². The molecule has 1 aliphatic heterocycles. The van der Waals surface area contributed by atoms with Crippen molar-refractivity contribution in [1.82, 2.24) is 4.90 Å². The number of hydrogen-bond donors (Lipinski definition) is 0. The van der Waals surface area contributed by atoms with Crippen molar-refractivity contribution in [3.63, 3.8) is 0 Å². The molecule has 0 saturated carbocycles. The number of nitrogens with zero attached hydrogens (tertiary/aromatic N) is 2. The smallest absolute Gasteiger partial charge is 0.192 e. The van der Waals surface area contributed by atoms with E-state index in [0.717, 1.165) is 36.3 Å². The molecular formula is C28H26Cl2N2O3S. The maximum atomic E-state index is 12.7. The molecular weight excluding hydrogens is 515 g/mol. The second-order valence-corrected chi connectivity index (χ2v) is 12.1. The summed E-state index contributed by atoms with van der Waals surface area (Å²) in [4.78, 5) is 19.0. The molecule has 186 valence electrons. The molecule has 8 heteroatoms. The van der Waals surface area contributed by atoms with Gasteiger partial charge in [-0.15, -0.1) is 0 Å². The Kier molecular flexibility index (Phi) is 8.17. The van der Waals surface area contributed by atoms with Crippen LogP contribution in [0.2, 0.25) is 10.0 Å². The molecule has 0 radical (unpaired) electrons. The van der Waals surface area contributed by atoms with Crippen LogP contribution in [0.25, 0.3) is 16.0 Å². The van der Waals surface area contributed by atoms with Crippen molar-refractivity contribution in [3.8, 4) is 11.1 Å². The summed E-state index contributed by atoms with van der Waals surface area (Å²) in [5.74, 6) is -0.00306. The SMILES string of the molecule is [C-]#[N+]c1cc(-c2c(Cl)cc(CC(=O)Cc3ccc(S(=O)(=O)CC)cc3)cc2Cl)ccc1CN1CCC1. The van der Waals surface area contributed by atoms with E-state index in [1.54, 1.807) is 31.2 Å². The van der Waals surface area contributed by atoms with Crippen molar-refractivity contribution in [2.75, 3.05) is 18.8 Å². The van der Waals surface area contributed by atoms with Gasteiger partial charge in [-0.2, -0.15) is 0 Å². The van der Waals surface area contributed by atoms with Gasteiger partial charge in [0.1, 0.15) is 5.78 Å². The number of likely N-dealkylation sites (tertiary alicyclic amines) is 1. The van der Waals surface area contributed by atoms with Crippen molar-refractivity contribution >= 4 is 44.5 Å². The molecule has 0 spiro atoms. The van der Waals surface area contributed by atoms with Crippen LogP contribution in [0, 0.1) is 6.57 Å². The predicted octanol–water partition coefficient (Wildman–Crippen LogP) is 6.56. The minimum absolute atomic E-state index is 0.0325. The fourth-order valence-electron chi connectivity index (χ4n) is 4.24. The Hall–Kier alpha value is -2.69. The molecule has 3 aromatic rings. The first-order valence-electron chi connectivity index (χ1n) is 11.7. The third-order valence-corrected chi connectivity index (χ3v) is 8.75. The van der Waals surface area contributed by atoms with Crippen LogP contribution >= 0.6 is 23.2 Å². The lowest BCUT2D eigenvalue weighted by Gasteiger charge is -2.31. The van der Waals surface area contributed by atoms with Gasteiger partial charge in [-0.1, -0.05) is 54.4 Å². The van der Waals surface area contributed by atoms with Crippen molar-refractivity contribution < 1.29 is 13.2 Å². The van der Waals surface area contributed by atoms with Crippen LogP contribution in [-0.2, 0) is 34.0 Å². The summed E-state index contributed by atoms with van der Waals surface area (Å²) in [6.45, 7) is 12.1. The molecule has 0 aliphatic carbocycles. The number of carbonyl (C=O) groups excluding carboxylic acids is 1. The number of halogens is 2. The van der Waals surface area contributed by atoms with Crippen LogP contribution in [0.1, 0.15) is 30.0 Å². The maximum absolute atomic E-state index is 12.7. The molecule has 1 aliphatic rings. The lowest BCUT2D eigenvalue weighted by Crippen LogP contribution is -2.36. The maximum Gasteiger partial charge on any atom is 0.192 e. The summed E-state index contributed by atoms with van der Waals surface area (Å²) < 4.78 is 23.9. The first-order valence-corrected chi connectivity index (χ1v) is 14.2. The number of sulfone groups is 1. The van der Waals surface area contributed by atoms with Gasteiger partial charge < -0.3 is 4.90 Å². The van der Waals surface area contributed by atoms with Crippen molar-refractivity contribution in [1.29, 1.82) is 0 Å². The molecule has 1 fully saturated rings. The molecule has 0 amide bonds. The van der Waals surface area contributed by atoms with Crippen molar-refractivity contribution in [2.45, 2.75) is 37.6 Å². The average molecular weight is 542 g/mol. The van der Waals surface area contributed by atoms with Gasteiger partial charge in [0.2, 0.25) is 0 Å². The highest BCUT2D eigenvalue weighted by molar-refractivity contribution is 7.91. The van der Waals surface area contributed by atoms with Gasteiger partial charge in [0.25, 0.3) is 0 Å². The van der Waals surface area contributed by atoms with E-state index in [9.17, 15) is 13.2 Å². The first kappa shape index (κ1) is 26.4. The Labute approximate surface area is 222 Å². The standard InChI is InChI=1S/C28H26Cl2N2O3S/c1-3-36(34,35)24-9-5-19(6-10-24)13-23(33)14-20-15-25(29)28(26(30)16-20)21-7-8-22(27(17-21)31-2)18-32-11-4-12-32/h5-10,15-17H,3-4,11-14,18H2,1H3. The molecule has 0 N–H and O–H groups in total. The Balaban J connectivity index is 1.48. The summed E-state index contributed by atoms with van der Waals surface area (Å²) in [7, 11) is -3.27. The molecule has 4 rings (SSSR count). The van der Waals surface area contributed by atoms with Gasteiger partial charge in [-0.3, -0.25) is 4.79 Å². The molecule has 0 bridgehead atoms. The van der Waals surface area contributed by atoms with Gasteiger partial charge in [-0.25, -0.2) is 13.3 Å². The number of carbonyl (C=O) groups is 1. The molecule has 0 atom stereocenters. The van der Waals surface area contributed by atoms with Gasteiger partial charge in [0, 0.05) is 24.9 Å². The van der Waals surface area contributed by atoms with Crippen LogP contribution in [-0.4, -0.2) is 37.9 Å². The Bertz CT molecular complexity index is 1420. The lowest BCUT2D eigenvalue weighted by atomic mass is 9.98. The summed E-state index contributed by atoms with van der Waals surface area (Å²) in [6, 6.07) is 15.6. The quantitative estimate of drug-likeness (QED) is 0.288. The fourth-order valence-corrected chi connectivity index (χ4v) is 5.88. The predicted molar refractivity (Wildman–Crippen MR) is 145 cm³/mol. The first-order chi connectivity index (χ1) is 17.2. The van der Waals surface area contributed by atoms with E-state index < -0.39 is 9.84 Å². The number of rotatable bonds is 9. The Morgan fingerprint density at radius 3 is 2.17 bits per heavy atom. The second kappa shape index (κ2) is 11.1. The summed E-state index contributed by atoms with van der Waals surface area (Å²) in [5.41, 5.74) is 4.43. The second-order valence-electron chi connectivity index (χ2n) is 8.96. The number of benzene rings is 3. The highest BCUT2D eigenvalue weighted by atomic mass is 35.5. The minimum Gasteiger partial charge on any atom is -0.300 e. The number of hydrogen-bond acceptors (Lipinski definition) is 4.